The standard InChI is InChI=1S/C20H20FN3O2/c1-3-14-7-9-15(10-8-14)11-18(22-13(2)25)20-24-23-19(26-20)16-5-4-6-17(21)12-16/h4-10,12,18H,3,11H2,1-2H3,(H,22,25). The molecule has 1 heterocycles. The van der Waals surface area contributed by atoms with Gasteiger partial charge in [-0.1, -0.05) is 37.3 Å². The molecule has 0 aliphatic rings. The number of hydrogen-bond acceptors (Lipinski definition) is 4. The molecule has 1 unspecified atom stereocenters. The van der Waals surface area contributed by atoms with E-state index in [1.807, 2.05) is 12.1 Å². The quantitative estimate of drug-likeness (QED) is 0.731. The predicted octanol–water partition coefficient (Wildman–Crippen LogP) is 3.86. The van der Waals surface area contributed by atoms with Crippen molar-refractivity contribution in [3.63, 3.8) is 0 Å². The minimum absolute atomic E-state index is 0.189. The largest absolute Gasteiger partial charge is 0.418 e. The highest BCUT2D eigenvalue weighted by molar-refractivity contribution is 5.73. The van der Waals surface area contributed by atoms with Gasteiger partial charge in [0.15, 0.2) is 0 Å². The maximum absolute atomic E-state index is 13.4. The number of amides is 1. The van der Waals surface area contributed by atoms with Crippen LogP contribution in [0.15, 0.2) is 52.9 Å². The van der Waals surface area contributed by atoms with Gasteiger partial charge in [0.1, 0.15) is 11.9 Å². The lowest BCUT2D eigenvalue weighted by Gasteiger charge is -2.14. The van der Waals surface area contributed by atoms with Gasteiger partial charge in [0, 0.05) is 18.9 Å². The van der Waals surface area contributed by atoms with Crippen molar-refractivity contribution >= 4 is 5.91 Å². The third-order valence-electron chi connectivity index (χ3n) is 4.06. The van der Waals surface area contributed by atoms with Crippen LogP contribution in [-0.4, -0.2) is 16.1 Å². The van der Waals surface area contributed by atoms with E-state index in [4.69, 9.17) is 4.42 Å². The van der Waals surface area contributed by atoms with Crippen LogP contribution in [0.4, 0.5) is 4.39 Å². The van der Waals surface area contributed by atoms with Crippen molar-refractivity contribution in [3.05, 3.63) is 71.4 Å². The molecule has 5 nitrogen and oxygen atoms in total. The molecular weight excluding hydrogens is 333 g/mol. The molecule has 0 aliphatic carbocycles. The molecule has 0 spiro atoms. The molecule has 6 heteroatoms. The summed E-state index contributed by atoms with van der Waals surface area (Å²) in [6.07, 6.45) is 1.49. The number of hydrogen-bond donors (Lipinski definition) is 1. The number of nitrogens with zero attached hydrogens (tertiary/aromatic N) is 2. The molecule has 0 saturated carbocycles. The van der Waals surface area contributed by atoms with Crippen LogP contribution < -0.4 is 5.32 Å². The van der Waals surface area contributed by atoms with Crippen molar-refractivity contribution in [2.45, 2.75) is 32.7 Å². The zero-order chi connectivity index (χ0) is 18.5. The molecular formula is C20H20FN3O2. The molecule has 2 aromatic carbocycles. The van der Waals surface area contributed by atoms with E-state index in [1.54, 1.807) is 12.1 Å². The molecule has 1 amide bonds. The van der Waals surface area contributed by atoms with Gasteiger partial charge in [-0.3, -0.25) is 4.79 Å². The summed E-state index contributed by atoms with van der Waals surface area (Å²) in [5.74, 6) is -0.0578. The summed E-state index contributed by atoms with van der Waals surface area (Å²) in [6.45, 7) is 3.54. The lowest BCUT2D eigenvalue weighted by atomic mass is 10.0. The fourth-order valence-corrected chi connectivity index (χ4v) is 2.71. The number of aromatic nitrogens is 2. The van der Waals surface area contributed by atoms with Crippen LogP contribution >= 0.6 is 0 Å². The molecule has 3 rings (SSSR count). The van der Waals surface area contributed by atoms with Gasteiger partial charge in [-0.2, -0.15) is 0 Å². The summed E-state index contributed by atoms with van der Waals surface area (Å²) in [4.78, 5) is 11.6. The number of halogens is 1. The van der Waals surface area contributed by atoms with Crippen LogP contribution in [0.3, 0.4) is 0 Å². The molecule has 0 aliphatic heterocycles. The first kappa shape index (κ1) is 17.8. The molecule has 0 saturated heterocycles. The van der Waals surface area contributed by atoms with E-state index in [2.05, 4.69) is 34.6 Å². The van der Waals surface area contributed by atoms with Gasteiger partial charge in [-0.25, -0.2) is 4.39 Å². The van der Waals surface area contributed by atoms with Gasteiger partial charge in [0.2, 0.25) is 17.7 Å². The second kappa shape index (κ2) is 7.91. The molecule has 1 aromatic heterocycles. The van der Waals surface area contributed by atoms with Crippen molar-refractivity contribution in [1.29, 1.82) is 0 Å². The van der Waals surface area contributed by atoms with Crippen molar-refractivity contribution in [2.24, 2.45) is 0 Å². The Morgan fingerprint density at radius 1 is 1.15 bits per heavy atom. The van der Waals surface area contributed by atoms with Crippen LogP contribution in [0, 0.1) is 5.82 Å². The topological polar surface area (TPSA) is 68.0 Å². The average Bonchev–Trinajstić information content (AvgIpc) is 3.11. The fraction of sp³-hybridized carbons (Fsp3) is 0.250. The van der Waals surface area contributed by atoms with Crippen LogP contribution in [0.1, 0.15) is 36.9 Å². The SMILES string of the molecule is CCc1ccc(CC(NC(C)=O)c2nnc(-c3cccc(F)c3)o2)cc1. The van der Waals surface area contributed by atoms with Crippen LogP contribution in [0.2, 0.25) is 0 Å². The average molecular weight is 353 g/mol. The lowest BCUT2D eigenvalue weighted by molar-refractivity contribution is -0.119. The van der Waals surface area contributed by atoms with Gasteiger partial charge in [0.05, 0.1) is 0 Å². The number of carbonyl (C=O) groups is 1. The summed E-state index contributed by atoms with van der Waals surface area (Å²) in [6, 6.07) is 13.7. The summed E-state index contributed by atoms with van der Waals surface area (Å²) in [7, 11) is 0. The van der Waals surface area contributed by atoms with Gasteiger partial charge in [-0.15, -0.1) is 10.2 Å². The van der Waals surface area contributed by atoms with E-state index < -0.39 is 6.04 Å². The lowest BCUT2D eigenvalue weighted by Crippen LogP contribution is -2.28. The second-order valence-electron chi connectivity index (χ2n) is 6.08. The first-order valence-electron chi connectivity index (χ1n) is 8.49. The molecule has 1 N–H and O–H groups in total. The molecule has 0 radical (unpaired) electrons. The third-order valence-corrected chi connectivity index (χ3v) is 4.06. The molecule has 0 bridgehead atoms. The summed E-state index contributed by atoms with van der Waals surface area (Å²) >= 11 is 0. The maximum atomic E-state index is 13.4. The van der Waals surface area contributed by atoms with Crippen LogP contribution in [-0.2, 0) is 17.6 Å². The highest BCUT2D eigenvalue weighted by Gasteiger charge is 2.21. The van der Waals surface area contributed by atoms with E-state index in [0.29, 0.717) is 17.9 Å². The maximum Gasteiger partial charge on any atom is 0.247 e. The Labute approximate surface area is 151 Å². The van der Waals surface area contributed by atoms with Gasteiger partial charge < -0.3 is 9.73 Å². The van der Waals surface area contributed by atoms with E-state index in [-0.39, 0.29) is 17.6 Å². The zero-order valence-electron chi connectivity index (χ0n) is 14.7. The number of carbonyl (C=O) groups excluding carboxylic acids is 1. The van der Waals surface area contributed by atoms with Crippen molar-refractivity contribution in [2.75, 3.05) is 0 Å². The van der Waals surface area contributed by atoms with E-state index in [0.717, 1.165) is 12.0 Å². The van der Waals surface area contributed by atoms with Crippen molar-refractivity contribution in [3.8, 4) is 11.5 Å². The smallest absolute Gasteiger partial charge is 0.247 e. The number of benzene rings is 2. The summed E-state index contributed by atoms with van der Waals surface area (Å²) in [5.41, 5.74) is 2.79. The van der Waals surface area contributed by atoms with Crippen molar-refractivity contribution in [1.82, 2.24) is 15.5 Å². The Kier molecular flexibility index (Phi) is 5.41. The molecule has 0 fully saturated rings. The molecule has 1 atom stereocenters. The molecule has 3 aromatic rings. The van der Waals surface area contributed by atoms with Gasteiger partial charge in [0.25, 0.3) is 0 Å². The second-order valence-corrected chi connectivity index (χ2v) is 6.08. The van der Waals surface area contributed by atoms with E-state index >= 15 is 0 Å². The Bertz CT molecular complexity index is 890. The molecule has 134 valence electrons. The highest BCUT2D eigenvalue weighted by Crippen LogP contribution is 2.23. The highest BCUT2D eigenvalue weighted by atomic mass is 19.1. The molecule has 26 heavy (non-hydrogen) atoms. The number of nitrogens with one attached hydrogen (secondary N) is 1. The Morgan fingerprint density at radius 2 is 1.88 bits per heavy atom. The Balaban J connectivity index is 1.84. The van der Waals surface area contributed by atoms with Crippen LogP contribution in [0.25, 0.3) is 11.5 Å². The van der Waals surface area contributed by atoms with Gasteiger partial charge in [-0.05, 0) is 35.7 Å². The number of aryl methyl sites for hydroxylation is 1. The van der Waals surface area contributed by atoms with Gasteiger partial charge >= 0.3 is 0 Å². The normalized spacial score (nSPS) is 12.0. The van der Waals surface area contributed by atoms with Crippen molar-refractivity contribution < 1.29 is 13.6 Å². The summed E-state index contributed by atoms with van der Waals surface area (Å²) < 4.78 is 19.1. The third kappa shape index (κ3) is 4.33. The van der Waals surface area contributed by atoms with E-state index in [9.17, 15) is 9.18 Å². The minimum atomic E-state index is -0.449. The first-order valence-corrected chi connectivity index (χ1v) is 8.49. The van der Waals surface area contributed by atoms with E-state index in [1.165, 1.54) is 24.6 Å². The monoisotopic (exact) mass is 353 g/mol. The number of rotatable bonds is 6. The predicted molar refractivity (Wildman–Crippen MR) is 95.8 cm³/mol. The minimum Gasteiger partial charge on any atom is -0.418 e. The fourth-order valence-electron chi connectivity index (χ4n) is 2.71. The zero-order valence-corrected chi connectivity index (χ0v) is 14.7. The Morgan fingerprint density at radius 3 is 2.54 bits per heavy atom. The summed E-state index contributed by atoms with van der Waals surface area (Å²) in [5, 5.41) is 10.9. The van der Waals surface area contributed by atoms with Crippen LogP contribution in [0.5, 0.6) is 0 Å². The Hall–Kier alpha value is -3.02. The first-order chi connectivity index (χ1) is 12.5.